The predicted molar refractivity (Wildman–Crippen MR) is 70.8 cm³/mol. The van der Waals surface area contributed by atoms with Crippen LogP contribution in [0, 0.1) is 0 Å². The maximum absolute atomic E-state index is 12.2. The van der Waals surface area contributed by atoms with Crippen molar-refractivity contribution in [1.82, 2.24) is 4.31 Å². The van der Waals surface area contributed by atoms with Crippen LogP contribution in [-0.2, 0) is 14.8 Å². The van der Waals surface area contributed by atoms with E-state index in [1.54, 1.807) is 19.1 Å². The summed E-state index contributed by atoms with van der Waals surface area (Å²) >= 11 is 3.22. The molecule has 0 fully saturated rings. The Labute approximate surface area is 115 Å². The number of carbonyl (C=O) groups is 1. The zero-order valence-electron chi connectivity index (χ0n) is 9.84. The first-order chi connectivity index (χ1) is 8.37. The molecule has 7 heteroatoms. The van der Waals surface area contributed by atoms with Crippen molar-refractivity contribution in [2.24, 2.45) is 0 Å². The van der Waals surface area contributed by atoms with Crippen molar-refractivity contribution in [3.8, 4) is 0 Å². The van der Waals surface area contributed by atoms with E-state index in [1.807, 2.05) is 0 Å². The second-order valence-electron chi connectivity index (χ2n) is 3.69. The van der Waals surface area contributed by atoms with Gasteiger partial charge < -0.3 is 5.11 Å². The minimum Gasteiger partial charge on any atom is -0.480 e. The summed E-state index contributed by atoms with van der Waals surface area (Å²) in [7, 11) is -3.74. The summed E-state index contributed by atoms with van der Waals surface area (Å²) in [5, 5.41) is 8.75. The third-order valence-corrected chi connectivity index (χ3v) is 4.62. The fourth-order valence-corrected chi connectivity index (χ4v) is 3.19. The van der Waals surface area contributed by atoms with E-state index in [9.17, 15) is 13.2 Å². The SMILES string of the molecule is CCCN(CC(=O)O)S(=O)(=O)c1ccc(Br)cc1. The average molecular weight is 336 g/mol. The normalized spacial score (nSPS) is 11.7. The van der Waals surface area contributed by atoms with Crippen molar-refractivity contribution >= 4 is 31.9 Å². The van der Waals surface area contributed by atoms with E-state index in [2.05, 4.69) is 15.9 Å². The molecule has 0 spiro atoms. The molecule has 0 aliphatic rings. The molecule has 0 heterocycles. The van der Waals surface area contributed by atoms with Crippen LogP contribution in [0.15, 0.2) is 33.6 Å². The van der Waals surface area contributed by atoms with E-state index in [0.717, 1.165) is 8.78 Å². The van der Waals surface area contributed by atoms with Gasteiger partial charge in [0, 0.05) is 11.0 Å². The van der Waals surface area contributed by atoms with Crippen LogP contribution in [0.1, 0.15) is 13.3 Å². The van der Waals surface area contributed by atoms with Crippen LogP contribution in [-0.4, -0.2) is 36.9 Å². The Morgan fingerprint density at radius 2 is 1.89 bits per heavy atom. The molecule has 0 unspecified atom stereocenters. The van der Waals surface area contributed by atoms with Crippen molar-refractivity contribution in [3.05, 3.63) is 28.7 Å². The molecule has 0 bridgehead atoms. The number of halogens is 1. The topological polar surface area (TPSA) is 74.7 Å². The molecule has 0 aromatic heterocycles. The number of nitrogens with zero attached hydrogens (tertiary/aromatic N) is 1. The molecule has 5 nitrogen and oxygen atoms in total. The van der Waals surface area contributed by atoms with Gasteiger partial charge in [-0.15, -0.1) is 0 Å². The first-order valence-electron chi connectivity index (χ1n) is 5.35. The molecular weight excluding hydrogens is 322 g/mol. The highest BCUT2D eigenvalue weighted by Gasteiger charge is 2.25. The summed E-state index contributed by atoms with van der Waals surface area (Å²) < 4.78 is 26.2. The number of hydrogen-bond acceptors (Lipinski definition) is 3. The molecule has 0 aliphatic carbocycles. The Balaban J connectivity index is 3.08. The first kappa shape index (κ1) is 15.1. The van der Waals surface area contributed by atoms with Crippen LogP contribution in [0.2, 0.25) is 0 Å². The third-order valence-electron chi connectivity index (χ3n) is 2.24. The van der Waals surface area contributed by atoms with Crippen molar-refractivity contribution in [1.29, 1.82) is 0 Å². The van der Waals surface area contributed by atoms with Gasteiger partial charge in [-0.1, -0.05) is 22.9 Å². The number of rotatable bonds is 6. The van der Waals surface area contributed by atoms with Gasteiger partial charge in [-0.2, -0.15) is 4.31 Å². The van der Waals surface area contributed by atoms with Gasteiger partial charge in [0.1, 0.15) is 6.54 Å². The molecule has 0 amide bonds. The highest BCUT2D eigenvalue weighted by atomic mass is 79.9. The van der Waals surface area contributed by atoms with Gasteiger partial charge in [0.05, 0.1) is 4.90 Å². The first-order valence-corrected chi connectivity index (χ1v) is 7.58. The smallest absolute Gasteiger partial charge is 0.318 e. The lowest BCUT2D eigenvalue weighted by Gasteiger charge is -2.19. The van der Waals surface area contributed by atoms with Gasteiger partial charge >= 0.3 is 5.97 Å². The molecule has 0 atom stereocenters. The zero-order valence-corrected chi connectivity index (χ0v) is 12.2. The average Bonchev–Trinajstić information content (AvgIpc) is 2.28. The van der Waals surface area contributed by atoms with Crippen molar-refractivity contribution in [2.45, 2.75) is 18.2 Å². The third kappa shape index (κ3) is 3.79. The van der Waals surface area contributed by atoms with Gasteiger partial charge in [0.15, 0.2) is 0 Å². The number of hydrogen-bond donors (Lipinski definition) is 1. The Kier molecular flexibility index (Phi) is 5.30. The van der Waals surface area contributed by atoms with Crippen LogP contribution in [0.5, 0.6) is 0 Å². The maximum atomic E-state index is 12.2. The highest BCUT2D eigenvalue weighted by Crippen LogP contribution is 2.18. The van der Waals surface area contributed by atoms with Crippen LogP contribution in [0.25, 0.3) is 0 Å². The number of aliphatic carboxylic acids is 1. The molecule has 1 aromatic rings. The lowest BCUT2D eigenvalue weighted by Crippen LogP contribution is -2.36. The van der Waals surface area contributed by atoms with Crippen LogP contribution < -0.4 is 0 Å². The van der Waals surface area contributed by atoms with Crippen LogP contribution in [0.3, 0.4) is 0 Å². The van der Waals surface area contributed by atoms with Gasteiger partial charge in [-0.05, 0) is 30.7 Å². The molecule has 18 heavy (non-hydrogen) atoms. The molecule has 1 N–H and O–H groups in total. The Morgan fingerprint density at radius 1 is 1.33 bits per heavy atom. The lowest BCUT2D eigenvalue weighted by molar-refractivity contribution is -0.137. The fraction of sp³-hybridized carbons (Fsp3) is 0.364. The summed E-state index contributed by atoms with van der Waals surface area (Å²) in [5.74, 6) is -1.16. The molecular formula is C11H14BrNO4S. The van der Waals surface area contributed by atoms with Gasteiger partial charge in [0.25, 0.3) is 0 Å². The number of carboxylic acid groups (broad SMARTS) is 1. The second-order valence-corrected chi connectivity index (χ2v) is 6.54. The standard InChI is InChI=1S/C11H14BrNO4S/c1-2-7-13(8-11(14)15)18(16,17)10-5-3-9(12)4-6-10/h3-6H,2,7-8H2,1H3,(H,14,15). The fourth-order valence-electron chi connectivity index (χ4n) is 1.44. The van der Waals surface area contributed by atoms with E-state index in [-0.39, 0.29) is 11.4 Å². The molecule has 0 aliphatic heterocycles. The van der Waals surface area contributed by atoms with Crippen molar-refractivity contribution < 1.29 is 18.3 Å². The van der Waals surface area contributed by atoms with Gasteiger partial charge in [-0.25, -0.2) is 8.42 Å². The minimum absolute atomic E-state index is 0.0976. The van der Waals surface area contributed by atoms with Crippen molar-refractivity contribution in [3.63, 3.8) is 0 Å². The Morgan fingerprint density at radius 3 is 2.33 bits per heavy atom. The second kappa shape index (κ2) is 6.31. The molecule has 0 saturated carbocycles. The molecule has 100 valence electrons. The quantitative estimate of drug-likeness (QED) is 0.861. The van der Waals surface area contributed by atoms with E-state index < -0.39 is 22.5 Å². The van der Waals surface area contributed by atoms with Gasteiger partial charge in [0.2, 0.25) is 10.0 Å². The Bertz CT molecular complexity index is 512. The lowest BCUT2D eigenvalue weighted by atomic mass is 10.4. The van der Waals surface area contributed by atoms with E-state index in [0.29, 0.717) is 6.42 Å². The monoisotopic (exact) mass is 335 g/mol. The molecule has 1 rings (SSSR count). The Hall–Kier alpha value is -0.920. The molecule has 1 aromatic carbocycles. The number of benzene rings is 1. The molecule has 0 saturated heterocycles. The zero-order chi connectivity index (χ0) is 13.8. The minimum atomic E-state index is -3.74. The van der Waals surface area contributed by atoms with E-state index >= 15 is 0 Å². The summed E-state index contributed by atoms with van der Waals surface area (Å²) in [6.45, 7) is 1.46. The summed E-state index contributed by atoms with van der Waals surface area (Å²) in [4.78, 5) is 10.8. The van der Waals surface area contributed by atoms with E-state index in [4.69, 9.17) is 5.11 Å². The van der Waals surface area contributed by atoms with Crippen LogP contribution >= 0.6 is 15.9 Å². The van der Waals surface area contributed by atoms with Gasteiger partial charge in [-0.3, -0.25) is 4.79 Å². The van der Waals surface area contributed by atoms with Crippen molar-refractivity contribution in [2.75, 3.05) is 13.1 Å². The number of carboxylic acids is 1. The largest absolute Gasteiger partial charge is 0.480 e. The summed E-state index contributed by atoms with van der Waals surface area (Å²) in [6.07, 6.45) is 0.559. The van der Waals surface area contributed by atoms with E-state index in [1.165, 1.54) is 12.1 Å². The summed E-state index contributed by atoms with van der Waals surface area (Å²) in [6, 6.07) is 6.11. The predicted octanol–water partition coefficient (Wildman–Crippen LogP) is 1.93. The maximum Gasteiger partial charge on any atom is 0.318 e. The van der Waals surface area contributed by atoms with Crippen LogP contribution in [0.4, 0.5) is 0 Å². The highest BCUT2D eigenvalue weighted by molar-refractivity contribution is 9.10. The summed E-state index contributed by atoms with van der Waals surface area (Å²) in [5.41, 5.74) is 0. The number of sulfonamides is 1. The molecule has 0 radical (unpaired) electrons.